The number of benzene rings is 3. The first-order valence-corrected chi connectivity index (χ1v) is 11.9. The Morgan fingerprint density at radius 2 is 1.82 bits per heavy atom. The van der Waals surface area contributed by atoms with E-state index in [0.717, 1.165) is 22.5 Å². The van der Waals surface area contributed by atoms with Gasteiger partial charge in [0.25, 0.3) is 10.0 Å². The van der Waals surface area contributed by atoms with Crippen LogP contribution in [-0.2, 0) is 16.2 Å². The second kappa shape index (κ2) is 8.96. The van der Waals surface area contributed by atoms with Crippen molar-refractivity contribution in [1.82, 2.24) is 0 Å². The van der Waals surface area contributed by atoms with Gasteiger partial charge < -0.3 is 4.74 Å². The average Bonchev–Trinajstić information content (AvgIpc) is 2.78. The standard InChI is InChI=1S/C24H18ClF4NO3S/c1-15(23-19(25)6-3-7-20(23)26)12-16-8-9-22-21(13-16)30(10-11-33-22)34(31,32)18-5-2-4-17(14-18)24(27,28)29/h2-9,12-14H,10-11H2,1H3/b15-12+. The van der Waals surface area contributed by atoms with Crippen LogP contribution in [0.5, 0.6) is 5.75 Å². The summed E-state index contributed by atoms with van der Waals surface area (Å²) in [5, 5.41) is 0.226. The average molecular weight is 512 g/mol. The van der Waals surface area contributed by atoms with Crippen molar-refractivity contribution in [1.29, 1.82) is 0 Å². The van der Waals surface area contributed by atoms with E-state index in [1.54, 1.807) is 31.2 Å². The summed E-state index contributed by atoms with van der Waals surface area (Å²) in [6, 6.07) is 12.7. The summed E-state index contributed by atoms with van der Waals surface area (Å²) in [6.45, 7) is 1.61. The molecule has 34 heavy (non-hydrogen) atoms. The Kier molecular flexibility index (Phi) is 6.35. The van der Waals surface area contributed by atoms with Crippen molar-refractivity contribution in [3.8, 4) is 5.75 Å². The van der Waals surface area contributed by atoms with Gasteiger partial charge in [-0.2, -0.15) is 13.2 Å². The van der Waals surface area contributed by atoms with Crippen molar-refractivity contribution in [3.63, 3.8) is 0 Å². The van der Waals surface area contributed by atoms with E-state index < -0.39 is 32.5 Å². The van der Waals surface area contributed by atoms with Gasteiger partial charge in [-0.25, -0.2) is 12.8 Å². The molecule has 178 valence electrons. The van der Waals surface area contributed by atoms with E-state index in [9.17, 15) is 26.0 Å². The molecular formula is C24H18ClF4NO3S. The summed E-state index contributed by atoms with van der Waals surface area (Å²) in [6.07, 6.45) is -3.05. The van der Waals surface area contributed by atoms with Gasteiger partial charge in [0.2, 0.25) is 0 Å². The quantitative estimate of drug-likeness (QED) is 0.291. The molecule has 1 heterocycles. The van der Waals surface area contributed by atoms with Gasteiger partial charge in [0, 0.05) is 5.56 Å². The van der Waals surface area contributed by atoms with Crippen molar-refractivity contribution in [2.45, 2.75) is 18.0 Å². The molecule has 1 aliphatic heterocycles. The molecule has 0 unspecified atom stereocenters. The highest BCUT2D eigenvalue weighted by Gasteiger charge is 2.34. The van der Waals surface area contributed by atoms with Crippen LogP contribution < -0.4 is 9.04 Å². The first kappa shape index (κ1) is 24.1. The summed E-state index contributed by atoms with van der Waals surface area (Å²) < 4.78 is 86.9. The van der Waals surface area contributed by atoms with E-state index >= 15 is 0 Å². The number of sulfonamides is 1. The van der Waals surface area contributed by atoms with Gasteiger partial charge in [-0.1, -0.05) is 35.9 Å². The molecule has 4 rings (SSSR count). The van der Waals surface area contributed by atoms with Crippen LogP contribution in [-0.4, -0.2) is 21.6 Å². The van der Waals surface area contributed by atoms with Gasteiger partial charge >= 0.3 is 6.18 Å². The molecule has 0 radical (unpaired) electrons. The minimum absolute atomic E-state index is 0.0320. The Labute approximate surface area is 199 Å². The van der Waals surface area contributed by atoms with Crippen molar-refractivity contribution < 1.29 is 30.7 Å². The smallest absolute Gasteiger partial charge is 0.416 e. The third-order valence-corrected chi connectivity index (χ3v) is 7.42. The molecule has 0 saturated carbocycles. The zero-order valence-electron chi connectivity index (χ0n) is 17.7. The van der Waals surface area contributed by atoms with Gasteiger partial charge in [-0.15, -0.1) is 0 Å². The van der Waals surface area contributed by atoms with Gasteiger partial charge in [0.05, 0.1) is 27.7 Å². The van der Waals surface area contributed by atoms with E-state index in [0.29, 0.717) is 17.2 Å². The van der Waals surface area contributed by atoms with Crippen LogP contribution in [0.2, 0.25) is 5.02 Å². The Hall–Kier alpha value is -3.04. The van der Waals surface area contributed by atoms with Crippen molar-refractivity contribution >= 4 is 39.0 Å². The second-order valence-corrected chi connectivity index (χ2v) is 9.87. The number of ether oxygens (including phenoxy) is 1. The van der Waals surface area contributed by atoms with Crippen LogP contribution in [0, 0.1) is 5.82 Å². The zero-order valence-corrected chi connectivity index (χ0v) is 19.3. The van der Waals surface area contributed by atoms with Crippen molar-refractivity contribution in [2.24, 2.45) is 0 Å². The number of fused-ring (bicyclic) bond motifs is 1. The fraction of sp³-hybridized carbons (Fsp3) is 0.167. The normalized spacial score (nSPS) is 14.5. The van der Waals surface area contributed by atoms with Gasteiger partial charge in [-0.3, -0.25) is 4.31 Å². The molecule has 1 aliphatic rings. The predicted molar refractivity (Wildman–Crippen MR) is 123 cm³/mol. The first-order chi connectivity index (χ1) is 16.0. The van der Waals surface area contributed by atoms with Crippen LogP contribution in [0.15, 0.2) is 65.6 Å². The molecule has 0 fully saturated rings. The summed E-state index contributed by atoms with van der Waals surface area (Å²) in [4.78, 5) is -0.481. The molecule has 3 aromatic rings. The van der Waals surface area contributed by atoms with E-state index in [1.165, 1.54) is 18.2 Å². The summed E-state index contributed by atoms with van der Waals surface area (Å²) in [5.74, 6) is -0.239. The molecule has 0 saturated heterocycles. The maximum absolute atomic E-state index is 14.3. The summed E-state index contributed by atoms with van der Waals surface area (Å²) >= 11 is 6.13. The third-order valence-electron chi connectivity index (χ3n) is 5.29. The summed E-state index contributed by atoms with van der Waals surface area (Å²) in [7, 11) is -4.32. The molecule has 0 spiro atoms. The number of allylic oxidation sites excluding steroid dienone is 1. The lowest BCUT2D eigenvalue weighted by Gasteiger charge is -2.31. The molecule has 4 nitrogen and oxygen atoms in total. The van der Waals surface area contributed by atoms with E-state index in [-0.39, 0.29) is 35.2 Å². The molecule has 0 bridgehead atoms. The summed E-state index contributed by atoms with van der Waals surface area (Å²) in [5.41, 5.74) is 0.366. The van der Waals surface area contributed by atoms with E-state index in [2.05, 4.69) is 0 Å². The van der Waals surface area contributed by atoms with E-state index in [4.69, 9.17) is 16.3 Å². The van der Waals surface area contributed by atoms with E-state index in [1.807, 2.05) is 0 Å². The third kappa shape index (κ3) is 4.63. The lowest BCUT2D eigenvalue weighted by molar-refractivity contribution is -0.137. The highest BCUT2D eigenvalue weighted by atomic mass is 35.5. The lowest BCUT2D eigenvalue weighted by atomic mass is 10.0. The van der Waals surface area contributed by atoms with Crippen LogP contribution in [0.4, 0.5) is 23.2 Å². The number of rotatable bonds is 4. The Morgan fingerprint density at radius 3 is 2.53 bits per heavy atom. The van der Waals surface area contributed by atoms with Crippen LogP contribution in [0.1, 0.15) is 23.6 Å². The Balaban J connectivity index is 1.76. The molecule has 10 heteroatoms. The number of hydrogen-bond donors (Lipinski definition) is 0. The molecule has 0 atom stereocenters. The molecule has 0 aliphatic carbocycles. The molecule has 0 N–H and O–H groups in total. The number of halogens is 5. The Morgan fingerprint density at radius 1 is 1.09 bits per heavy atom. The first-order valence-electron chi connectivity index (χ1n) is 10.1. The van der Waals surface area contributed by atoms with Crippen molar-refractivity contribution in [2.75, 3.05) is 17.5 Å². The zero-order chi connectivity index (χ0) is 24.7. The fourth-order valence-electron chi connectivity index (χ4n) is 3.71. The second-order valence-electron chi connectivity index (χ2n) is 7.60. The van der Waals surface area contributed by atoms with Crippen molar-refractivity contribution in [3.05, 3.63) is 88.2 Å². The van der Waals surface area contributed by atoms with Crippen LogP contribution in [0.3, 0.4) is 0 Å². The predicted octanol–water partition coefficient (Wildman–Crippen LogP) is 6.65. The molecular weight excluding hydrogens is 494 g/mol. The minimum Gasteiger partial charge on any atom is -0.489 e. The number of nitrogens with zero attached hydrogens (tertiary/aromatic N) is 1. The molecule has 0 amide bonds. The maximum atomic E-state index is 14.3. The largest absolute Gasteiger partial charge is 0.489 e. The monoisotopic (exact) mass is 511 g/mol. The minimum atomic E-state index is -4.68. The highest BCUT2D eigenvalue weighted by molar-refractivity contribution is 7.92. The molecule has 0 aromatic heterocycles. The van der Waals surface area contributed by atoms with Gasteiger partial charge in [0.15, 0.2) is 0 Å². The highest BCUT2D eigenvalue weighted by Crippen LogP contribution is 2.38. The SMILES string of the molecule is C/C(=C\c1ccc2c(c1)N(S(=O)(=O)c1cccc(C(F)(F)F)c1)CCO2)c1c(F)cccc1Cl. The van der Waals surface area contributed by atoms with Gasteiger partial charge in [0.1, 0.15) is 18.2 Å². The van der Waals surface area contributed by atoms with Crippen LogP contribution >= 0.6 is 11.6 Å². The number of anilines is 1. The fourth-order valence-corrected chi connectivity index (χ4v) is 5.52. The van der Waals surface area contributed by atoms with Crippen LogP contribution in [0.25, 0.3) is 11.6 Å². The number of hydrogen-bond acceptors (Lipinski definition) is 3. The number of alkyl halides is 3. The topological polar surface area (TPSA) is 46.6 Å². The Bertz CT molecular complexity index is 1370. The lowest BCUT2D eigenvalue weighted by Crippen LogP contribution is -2.38. The maximum Gasteiger partial charge on any atom is 0.416 e. The van der Waals surface area contributed by atoms with Gasteiger partial charge in [-0.05, 0) is 60.5 Å². The molecule has 3 aromatic carbocycles.